The fourth-order valence-corrected chi connectivity index (χ4v) is 3.56. The molecule has 0 spiro atoms. The molecule has 4 heterocycles. The van der Waals surface area contributed by atoms with Crippen molar-refractivity contribution in [2.45, 2.75) is 6.54 Å². The van der Waals surface area contributed by atoms with Crippen molar-refractivity contribution in [3.8, 4) is 11.3 Å². The van der Waals surface area contributed by atoms with Crippen LogP contribution in [0.25, 0.3) is 33.2 Å². The van der Waals surface area contributed by atoms with Gasteiger partial charge in [0.25, 0.3) is 0 Å². The van der Waals surface area contributed by atoms with E-state index in [2.05, 4.69) is 66.6 Å². The van der Waals surface area contributed by atoms with Crippen molar-refractivity contribution < 1.29 is 0 Å². The van der Waals surface area contributed by atoms with Crippen molar-refractivity contribution in [3.63, 3.8) is 0 Å². The number of pyridine rings is 3. The first kappa shape index (κ1) is 18.1. The molecule has 6 nitrogen and oxygen atoms in total. The highest BCUT2D eigenvalue weighted by Crippen LogP contribution is 2.29. The summed E-state index contributed by atoms with van der Waals surface area (Å²) in [4.78, 5) is 18.8. The summed E-state index contributed by atoms with van der Waals surface area (Å²) in [6, 6.07) is 16.7. The molecule has 0 atom stereocenters. The average molecular weight is 394 g/mol. The van der Waals surface area contributed by atoms with Crippen LogP contribution in [0.3, 0.4) is 0 Å². The maximum Gasteiger partial charge on any atom is 0.138 e. The van der Waals surface area contributed by atoms with Gasteiger partial charge in [-0.1, -0.05) is 12.1 Å². The molecule has 0 aliphatic heterocycles. The lowest BCUT2D eigenvalue weighted by Crippen LogP contribution is -2.08. The number of nitrogens with zero attached hydrogens (tertiary/aromatic N) is 4. The number of aromatic nitrogens is 4. The Morgan fingerprint density at radius 2 is 1.80 bits per heavy atom. The van der Waals surface area contributed by atoms with Crippen LogP contribution in [0, 0.1) is 0 Å². The molecule has 2 N–H and O–H groups in total. The van der Waals surface area contributed by atoms with Gasteiger partial charge in [0.2, 0.25) is 0 Å². The summed E-state index contributed by atoms with van der Waals surface area (Å²) >= 11 is 0. The molecular formula is C24H22N6. The molecular weight excluding hydrogens is 372 g/mol. The summed E-state index contributed by atoms with van der Waals surface area (Å²) < 4.78 is 0. The second kappa shape index (κ2) is 7.48. The van der Waals surface area contributed by atoms with Crippen LogP contribution in [-0.4, -0.2) is 34.0 Å². The van der Waals surface area contributed by atoms with Gasteiger partial charge in [0.1, 0.15) is 5.65 Å². The highest BCUT2D eigenvalue weighted by atomic mass is 15.1. The number of anilines is 2. The summed E-state index contributed by atoms with van der Waals surface area (Å²) in [7, 11) is 4.09. The smallest absolute Gasteiger partial charge is 0.138 e. The predicted molar refractivity (Wildman–Crippen MR) is 123 cm³/mol. The van der Waals surface area contributed by atoms with Crippen molar-refractivity contribution in [2.24, 2.45) is 0 Å². The van der Waals surface area contributed by atoms with Gasteiger partial charge < -0.3 is 15.2 Å². The molecule has 6 heteroatoms. The van der Waals surface area contributed by atoms with Crippen molar-refractivity contribution >= 4 is 33.3 Å². The van der Waals surface area contributed by atoms with Crippen LogP contribution >= 0.6 is 0 Å². The number of hydrogen-bond donors (Lipinski definition) is 2. The number of aromatic amines is 1. The second-order valence-electron chi connectivity index (χ2n) is 7.52. The van der Waals surface area contributed by atoms with Gasteiger partial charge in [-0.25, -0.2) is 4.98 Å². The molecule has 0 aliphatic rings. The lowest BCUT2D eigenvalue weighted by Gasteiger charge is -2.13. The molecule has 0 saturated carbocycles. The zero-order valence-electron chi connectivity index (χ0n) is 16.9. The fourth-order valence-electron chi connectivity index (χ4n) is 3.56. The van der Waals surface area contributed by atoms with Crippen LogP contribution in [0.15, 0.2) is 73.3 Å². The van der Waals surface area contributed by atoms with Gasteiger partial charge in [0.05, 0.1) is 29.3 Å². The molecule has 0 unspecified atom stereocenters. The second-order valence-corrected chi connectivity index (χ2v) is 7.52. The standard InChI is InChI=1S/C24H22N6/c1-30(2)19-7-5-16(6-8-19)12-26-18-10-21-20-11-22(17-4-3-9-25-13-17)27-15-23(20)29-24(21)28-14-18/h3-11,13-15,26H,12H2,1-2H3,(H,28,29). The molecule has 0 aliphatic carbocycles. The van der Waals surface area contributed by atoms with E-state index in [-0.39, 0.29) is 0 Å². The number of nitrogens with one attached hydrogen (secondary N) is 2. The lowest BCUT2D eigenvalue weighted by molar-refractivity contribution is 1.11. The lowest BCUT2D eigenvalue weighted by atomic mass is 10.1. The summed E-state index contributed by atoms with van der Waals surface area (Å²) in [5.41, 5.74) is 7.13. The van der Waals surface area contributed by atoms with Crippen LogP contribution in [0.2, 0.25) is 0 Å². The molecule has 148 valence electrons. The summed E-state index contributed by atoms with van der Waals surface area (Å²) in [5.74, 6) is 0. The molecule has 0 fully saturated rings. The average Bonchev–Trinajstić information content (AvgIpc) is 3.16. The van der Waals surface area contributed by atoms with Gasteiger partial charge >= 0.3 is 0 Å². The monoisotopic (exact) mass is 394 g/mol. The van der Waals surface area contributed by atoms with Crippen LogP contribution < -0.4 is 10.2 Å². The van der Waals surface area contributed by atoms with Gasteiger partial charge in [-0.15, -0.1) is 0 Å². The minimum atomic E-state index is 0.742. The number of rotatable bonds is 5. The van der Waals surface area contributed by atoms with Gasteiger partial charge in [0, 0.05) is 55.1 Å². The third-order valence-electron chi connectivity index (χ3n) is 5.24. The molecule has 30 heavy (non-hydrogen) atoms. The topological polar surface area (TPSA) is 69.7 Å². The normalized spacial score (nSPS) is 11.1. The number of H-pyrrole nitrogens is 1. The van der Waals surface area contributed by atoms with E-state index < -0.39 is 0 Å². The SMILES string of the molecule is CN(C)c1ccc(CNc2cnc3[nH]c4cnc(-c5cccnc5)cc4c3c2)cc1. The Morgan fingerprint density at radius 3 is 2.57 bits per heavy atom. The summed E-state index contributed by atoms with van der Waals surface area (Å²) in [5, 5.41) is 5.66. The van der Waals surface area contributed by atoms with Gasteiger partial charge in [-0.2, -0.15) is 0 Å². The number of benzene rings is 1. The van der Waals surface area contributed by atoms with Crippen LogP contribution in [0.4, 0.5) is 11.4 Å². The maximum absolute atomic E-state index is 4.61. The molecule has 4 aromatic heterocycles. The van der Waals surface area contributed by atoms with E-state index in [4.69, 9.17) is 0 Å². The molecule has 5 aromatic rings. The molecule has 0 saturated heterocycles. The molecule has 0 amide bonds. The van der Waals surface area contributed by atoms with E-state index in [0.717, 1.165) is 45.4 Å². The van der Waals surface area contributed by atoms with E-state index in [1.165, 1.54) is 11.3 Å². The van der Waals surface area contributed by atoms with Crippen molar-refractivity contribution in [2.75, 3.05) is 24.3 Å². The van der Waals surface area contributed by atoms with E-state index >= 15 is 0 Å². The Balaban J connectivity index is 1.44. The Labute approximate surface area is 174 Å². The number of fused-ring (bicyclic) bond motifs is 3. The third kappa shape index (κ3) is 3.43. The fraction of sp³-hybridized carbons (Fsp3) is 0.125. The quantitative estimate of drug-likeness (QED) is 0.446. The zero-order valence-corrected chi connectivity index (χ0v) is 16.9. The predicted octanol–water partition coefficient (Wildman–Crippen LogP) is 4.85. The molecule has 0 radical (unpaired) electrons. The summed E-state index contributed by atoms with van der Waals surface area (Å²) in [6.45, 7) is 0.742. The first-order valence-electron chi connectivity index (χ1n) is 9.85. The Kier molecular flexibility index (Phi) is 4.52. The molecule has 0 bridgehead atoms. The maximum atomic E-state index is 4.61. The van der Waals surface area contributed by atoms with E-state index in [9.17, 15) is 0 Å². The molecule has 1 aromatic carbocycles. The van der Waals surface area contributed by atoms with Crippen molar-refractivity contribution in [3.05, 3.63) is 78.9 Å². The Bertz CT molecular complexity index is 1310. The van der Waals surface area contributed by atoms with Crippen LogP contribution in [0.5, 0.6) is 0 Å². The van der Waals surface area contributed by atoms with E-state index in [1.807, 2.05) is 44.8 Å². The Hall–Kier alpha value is -3.93. The molecule has 5 rings (SSSR count). The van der Waals surface area contributed by atoms with Crippen LogP contribution in [-0.2, 0) is 6.54 Å². The van der Waals surface area contributed by atoms with E-state index in [1.54, 1.807) is 6.20 Å². The third-order valence-corrected chi connectivity index (χ3v) is 5.24. The van der Waals surface area contributed by atoms with Gasteiger partial charge in [0.15, 0.2) is 0 Å². The highest BCUT2D eigenvalue weighted by molar-refractivity contribution is 6.07. The van der Waals surface area contributed by atoms with Gasteiger partial charge in [-0.05, 0) is 42.0 Å². The van der Waals surface area contributed by atoms with Crippen molar-refractivity contribution in [1.29, 1.82) is 0 Å². The minimum Gasteiger partial charge on any atom is -0.380 e. The number of hydrogen-bond acceptors (Lipinski definition) is 5. The minimum absolute atomic E-state index is 0.742. The Morgan fingerprint density at radius 1 is 0.933 bits per heavy atom. The highest BCUT2D eigenvalue weighted by Gasteiger charge is 2.09. The first-order valence-corrected chi connectivity index (χ1v) is 9.85. The first-order chi connectivity index (χ1) is 14.7. The van der Waals surface area contributed by atoms with Crippen molar-refractivity contribution in [1.82, 2.24) is 19.9 Å². The van der Waals surface area contributed by atoms with E-state index in [0.29, 0.717) is 0 Å². The largest absolute Gasteiger partial charge is 0.380 e. The van der Waals surface area contributed by atoms with Crippen LogP contribution in [0.1, 0.15) is 5.56 Å². The van der Waals surface area contributed by atoms with Gasteiger partial charge in [-0.3, -0.25) is 9.97 Å². The zero-order chi connectivity index (χ0) is 20.5. The summed E-state index contributed by atoms with van der Waals surface area (Å²) in [6.07, 6.45) is 7.32.